The number of carbonyl (C=O) groups is 1. The Morgan fingerprint density at radius 3 is 2.07 bits per heavy atom. The third kappa shape index (κ3) is 24.7. The van der Waals surface area contributed by atoms with Crippen LogP contribution in [-0.2, 0) is 14.3 Å². The summed E-state index contributed by atoms with van der Waals surface area (Å²) in [6, 6.07) is 1.18. The fourth-order valence-electron chi connectivity index (χ4n) is 0.432. The summed E-state index contributed by atoms with van der Waals surface area (Å²) in [6.45, 7) is 11.0. The second kappa shape index (κ2) is 8.88. The molecule has 0 aromatic carbocycles. The highest BCUT2D eigenvalue weighted by molar-refractivity contribution is 6.68. The largest absolute Gasteiger partial charge is 0.462 e. The highest BCUT2D eigenvalue weighted by Gasteiger charge is 2.07. The van der Waals surface area contributed by atoms with E-state index in [-0.39, 0.29) is 5.97 Å². The van der Waals surface area contributed by atoms with Gasteiger partial charge < -0.3 is 4.74 Å². The van der Waals surface area contributed by atoms with Crippen LogP contribution in [0, 0.1) is 0 Å². The molecule has 0 bridgehead atoms. The van der Waals surface area contributed by atoms with Crippen molar-refractivity contribution in [3.63, 3.8) is 0 Å². The van der Waals surface area contributed by atoms with E-state index < -0.39 is 8.32 Å². The van der Waals surface area contributed by atoms with Gasteiger partial charge in [-0.15, -0.1) is 0 Å². The van der Waals surface area contributed by atoms with Gasteiger partial charge in [0.2, 0.25) is 8.32 Å². The molecular formula is C10H23O3Si2. The molecule has 0 unspecified atom stereocenters. The Morgan fingerprint density at radius 1 is 1.40 bits per heavy atom. The molecule has 0 aromatic rings. The van der Waals surface area contributed by atoms with Crippen LogP contribution in [0.15, 0.2) is 12.2 Å². The molecule has 0 aliphatic rings. The Labute approximate surface area is 97.1 Å². The molecule has 0 spiro atoms. The van der Waals surface area contributed by atoms with Gasteiger partial charge in [0, 0.05) is 15.8 Å². The molecule has 1 radical (unpaired) electrons. The minimum absolute atomic E-state index is 0.268. The van der Waals surface area contributed by atoms with Crippen molar-refractivity contribution in [2.75, 3.05) is 6.61 Å². The summed E-state index contributed by atoms with van der Waals surface area (Å²) < 4.78 is 4.83. The van der Waals surface area contributed by atoms with E-state index in [2.05, 4.69) is 6.58 Å². The van der Waals surface area contributed by atoms with Crippen molar-refractivity contribution in [2.24, 2.45) is 0 Å². The Morgan fingerprint density at radius 2 is 1.80 bits per heavy atom. The van der Waals surface area contributed by atoms with Crippen LogP contribution in [0.5, 0.6) is 0 Å². The Bertz CT molecular complexity index is 191. The lowest BCUT2D eigenvalue weighted by Gasteiger charge is -2.01. The van der Waals surface area contributed by atoms with Crippen LogP contribution in [-0.4, -0.2) is 31.1 Å². The van der Waals surface area contributed by atoms with E-state index in [1.807, 2.05) is 0 Å². The van der Waals surface area contributed by atoms with Gasteiger partial charge in [-0.25, -0.2) is 4.79 Å². The first-order valence-corrected chi connectivity index (χ1v) is 10.0. The number of esters is 1. The van der Waals surface area contributed by atoms with Crippen LogP contribution < -0.4 is 0 Å². The minimum Gasteiger partial charge on any atom is -0.462 e. The number of rotatable bonds is 4. The molecule has 3 nitrogen and oxygen atoms in total. The minimum atomic E-state index is -1.86. The molecule has 0 aromatic heterocycles. The van der Waals surface area contributed by atoms with Crippen molar-refractivity contribution in [3.8, 4) is 0 Å². The highest BCUT2D eigenvalue weighted by Crippen LogP contribution is 1.94. The molecule has 89 valence electrons. The molecular weight excluding hydrogens is 224 g/mol. The molecule has 0 heterocycles. The molecule has 0 rings (SSSR count). The second-order valence-electron chi connectivity index (χ2n) is 4.38. The van der Waals surface area contributed by atoms with Gasteiger partial charge in [-0.1, -0.05) is 12.6 Å². The summed E-state index contributed by atoms with van der Waals surface area (Å²) >= 11 is 0. The second-order valence-corrected chi connectivity index (χ2v) is 9.61. The van der Waals surface area contributed by atoms with Crippen LogP contribution in [0.25, 0.3) is 0 Å². The maximum absolute atomic E-state index is 10.7. The van der Waals surface area contributed by atoms with Crippen molar-refractivity contribution in [1.82, 2.24) is 0 Å². The standard InChI is InChI=1S/C7H14O2Si.C3H9OSi/c1-6(2)7(8)9-4-3-5-10;1-5(2,3)4/h1,3-5H2,2,10H3;1-3H3. The lowest BCUT2D eigenvalue weighted by molar-refractivity contribution is -0.138. The van der Waals surface area contributed by atoms with Crippen LogP contribution >= 0.6 is 0 Å². The van der Waals surface area contributed by atoms with Crippen LogP contribution in [0.2, 0.25) is 25.7 Å². The zero-order valence-corrected chi connectivity index (χ0v) is 13.6. The van der Waals surface area contributed by atoms with E-state index in [0.717, 1.165) is 6.42 Å². The third-order valence-electron chi connectivity index (χ3n) is 1.08. The summed E-state index contributed by atoms with van der Waals surface area (Å²) in [4.78, 5) is 21.0. The van der Waals surface area contributed by atoms with Crippen molar-refractivity contribution in [3.05, 3.63) is 12.2 Å². The Balaban J connectivity index is 0. The third-order valence-corrected chi connectivity index (χ3v) is 1.79. The van der Waals surface area contributed by atoms with Gasteiger partial charge in [0.25, 0.3) is 0 Å². The predicted molar refractivity (Wildman–Crippen MR) is 69.2 cm³/mol. The fourth-order valence-corrected chi connectivity index (χ4v) is 0.721. The maximum atomic E-state index is 10.7. The van der Waals surface area contributed by atoms with Crippen molar-refractivity contribution >= 4 is 24.5 Å². The average molecular weight is 247 g/mol. The molecule has 0 atom stereocenters. The molecule has 0 fully saturated rings. The summed E-state index contributed by atoms with van der Waals surface area (Å²) in [5.41, 5.74) is 0.480. The molecule has 15 heavy (non-hydrogen) atoms. The van der Waals surface area contributed by atoms with Crippen molar-refractivity contribution in [1.29, 1.82) is 0 Å². The molecule has 5 heteroatoms. The lowest BCUT2D eigenvalue weighted by atomic mass is 10.4. The van der Waals surface area contributed by atoms with E-state index in [4.69, 9.17) is 4.74 Å². The van der Waals surface area contributed by atoms with E-state index >= 15 is 0 Å². The number of hydrogen-bond acceptors (Lipinski definition) is 2. The Kier molecular flexibility index (Phi) is 10.1. The molecule has 0 saturated heterocycles. The Hall–Kier alpha value is -0.396. The summed E-state index contributed by atoms with van der Waals surface area (Å²) in [6.07, 6.45) is 0.991. The first-order chi connectivity index (χ1) is 6.68. The number of hydrogen-bond donors (Lipinski definition) is 0. The van der Waals surface area contributed by atoms with Crippen molar-refractivity contribution < 1.29 is 14.3 Å². The lowest BCUT2D eigenvalue weighted by Crippen LogP contribution is -2.14. The summed E-state index contributed by atoms with van der Waals surface area (Å²) in [7, 11) is -0.679. The number of ether oxygens (including phenoxy) is 1. The molecule has 0 amide bonds. The summed E-state index contributed by atoms with van der Waals surface area (Å²) in [5.74, 6) is -0.268. The van der Waals surface area contributed by atoms with Crippen LogP contribution in [0.3, 0.4) is 0 Å². The fraction of sp³-hybridized carbons (Fsp3) is 0.700. The van der Waals surface area contributed by atoms with E-state index in [1.54, 1.807) is 26.6 Å². The maximum Gasteiger partial charge on any atom is 0.333 e. The van der Waals surface area contributed by atoms with Gasteiger partial charge in [-0.3, -0.25) is 4.80 Å². The van der Waals surface area contributed by atoms with E-state index in [0.29, 0.717) is 12.2 Å². The number of carbonyl (C=O) groups excluding carboxylic acids is 1. The first kappa shape index (κ1) is 17.0. The molecule has 0 N–H and O–H groups in total. The van der Waals surface area contributed by atoms with Gasteiger partial charge in [0.05, 0.1) is 6.61 Å². The molecule has 0 aliphatic heterocycles. The van der Waals surface area contributed by atoms with Gasteiger partial charge in [0.15, 0.2) is 0 Å². The molecule has 0 saturated carbocycles. The molecule has 0 aliphatic carbocycles. The van der Waals surface area contributed by atoms with E-state index in [1.165, 1.54) is 16.3 Å². The monoisotopic (exact) mass is 247 g/mol. The van der Waals surface area contributed by atoms with E-state index in [9.17, 15) is 9.59 Å². The van der Waals surface area contributed by atoms with Gasteiger partial charge in [-0.05, 0) is 33.0 Å². The quantitative estimate of drug-likeness (QED) is 0.327. The first-order valence-electron chi connectivity index (χ1n) is 5.21. The average Bonchev–Trinajstić information content (AvgIpc) is 2.01. The smallest absolute Gasteiger partial charge is 0.333 e. The predicted octanol–water partition coefficient (Wildman–Crippen LogP) is 1.53. The van der Waals surface area contributed by atoms with Crippen LogP contribution in [0.4, 0.5) is 0 Å². The highest BCUT2D eigenvalue weighted by atomic mass is 28.4. The van der Waals surface area contributed by atoms with Crippen LogP contribution in [0.1, 0.15) is 13.3 Å². The van der Waals surface area contributed by atoms with Gasteiger partial charge in [0.1, 0.15) is 0 Å². The van der Waals surface area contributed by atoms with Gasteiger partial charge >= 0.3 is 5.97 Å². The summed E-state index contributed by atoms with van der Waals surface area (Å²) in [5, 5.41) is 0. The topological polar surface area (TPSA) is 46.2 Å². The van der Waals surface area contributed by atoms with Crippen molar-refractivity contribution in [2.45, 2.75) is 39.0 Å². The zero-order valence-electron chi connectivity index (χ0n) is 10.6. The normalized spacial score (nSPS) is 10.2. The zero-order chi connectivity index (χ0) is 12.5. The SMILES string of the molecule is C=C(C)C(=O)OCCC[SiH3].C[Si](C)(C)[O]. The van der Waals surface area contributed by atoms with Gasteiger partial charge in [-0.2, -0.15) is 0 Å².